The summed E-state index contributed by atoms with van der Waals surface area (Å²) in [5.41, 5.74) is 1.02. The quantitative estimate of drug-likeness (QED) is 0.871. The molecule has 1 aromatic carbocycles. The van der Waals surface area contributed by atoms with Gasteiger partial charge in [-0.25, -0.2) is 0 Å². The fourth-order valence-corrected chi connectivity index (χ4v) is 2.60. The Hall–Kier alpha value is -1.06. The lowest BCUT2D eigenvalue weighted by atomic mass is 10.2. The smallest absolute Gasteiger partial charge is 0.237 e. The maximum atomic E-state index is 12.0. The molecule has 104 valence electrons. The highest BCUT2D eigenvalue weighted by Gasteiger charge is 2.20. The molecule has 0 aliphatic heterocycles. The van der Waals surface area contributed by atoms with Crippen LogP contribution in [0.1, 0.15) is 38.2 Å². The molecule has 1 unspecified atom stereocenters. The van der Waals surface area contributed by atoms with E-state index in [0.717, 1.165) is 23.4 Å². The van der Waals surface area contributed by atoms with Crippen LogP contribution in [0, 0.1) is 0 Å². The summed E-state index contributed by atoms with van der Waals surface area (Å²) >= 11 is 6.08. The number of nitrogens with one attached hydrogen (secondary N) is 2. The minimum atomic E-state index is -0.197. The molecule has 0 heterocycles. The Morgan fingerprint density at radius 3 is 2.74 bits per heavy atom. The van der Waals surface area contributed by atoms with Gasteiger partial charge in [-0.05, 0) is 31.4 Å². The minimum absolute atomic E-state index is 0.0824. The van der Waals surface area contributed by atoms with Crippen LogP contribution in [-0.4, -0.2) is 18.0 Å². The summed E-state index contributed by atoms with van der Waals surface area (Å²) in [4.78, 5) is 12.0. The molecule has 1 amide bonds. The lowest BCUT2D eigenvalue weighted by Gasteiger charge is -2.18. The number of carbonyl (C=O) groups is 1. The van der Waals surface area contributed by atoms with Gasteiger partial charge in [-0.2, -0.15) is 0 Å². The van der Waals surface area contributed by atoms with Crippen molar-refractivity contribution in [2.24, 2.45) is 0 Å². The van der Waals surface area contributed by atoms with Crippen molar-refractivity contribution in [2.75, 3.05) is 0 Å². The normalized spacial score (nSPS) is 17.4. The Morgan fingerprint density at radius 1 is 1.37 bits per heavy atom. The molecule has 0 saturated heterocycles. The summed E-state index contributed by atoms with van der Waals surface area (Å²) in [5, 5.41) is 7.05. The van der Waals surface area contributed by atoms with E-state index in [1.807, 2.05) is 31.2 Å². The lowest BCUT2D eigenvalue weighted by Crippen LogP contribution is -2.45. The summed E-state index contributed by atoms with van der Waals surface area (Å²) in [6.07, 6.45) is 4.69. The van der Waals surface area contributed by atoms with Gasteiger partial charge in [0.05, 0.1) is 6.04 Å². The topological polar surface area (TPSA) is 41.1 Å². The first kappa shape index (κ1) is 14.4. The van der Waals surface area contributed by atoms with Crippen LogP contribution >= 0.6 is 11.6 Å². The monoisotopic (exact) mass is 280 g/mol. The van der Waals surface area contributed by atoms with E-state index in [2.05, 4.69) is 10.6 Å². The Labute approximate surface area is 119 Å². The number of amides is 1. The number of hydrogen-bond donors (Lipinski definition) is 2. The second-order valence-corrected chi connectivity index (χ2v) is 5.59. The van der Waals surface area contributed by atoms with Gasteiger partial charge in [0.1, 0.15) is 0 Å². The predicted octanol–water partition coefficient (Wildman–Crippen LogP) is 2.88. The molecule has 19 heavy (non-hydrogen) atoms. The van der Waals surface area contributed by atoms with Crippen LogP contribution in [0.25, 0.3) is 0 Å². The van der Waals surface area contributed by atoms with Crippen molar-refractivity contribution >= 4 is 17.5 Å². The van der Waals surface area contributed by atoms with Crippen LogP contribution in [0.3, 0.4) is 0 Å². The molecule has 2 rings (SSSR count). The molecule has 2 N–H and O–H groups in total. The molecule has 1 aromatic rings. The molecular formula is C15H21ClN2O. The fourth-order valence-electron chi connectivity index (χ4n) is 2.39. The first-order valence-corrected chi connectivity index (χ1v) is 7.32. The summed E-state index contributed by atoms with van der Waals surface area (Å²) in [7, 11) is 0. The highest BCUT2D eigenvalue weighted by Crippen LogP contribution is 2.18. The molecule has 1 fully saturated rings. The van der Waals surface area contributed by atoms with Crippen LogP contribution in [0.5, 0.6) is 0 Å². The number of hydrogen-bond acceptors (Lipinski definition) is 2. The number of carbonyl (C=O) groups excluding carboxylic acids is 1. The SMILES string of the molecule is CC(NCc1ccccc1Cl)C(=O)NC1CCCC1. The molecule has 1 aliphatic carbocycles. The van der Waals surface area contributed by atoms with E-state index in [-0.39, 0.29) is 11.9 Å². The molecule has 1 saturated carbocycles. The fraction of sp³-hybridized carbons (Fsp3) is 0.533. The van der Waals surface area contributed by atoms with E-state index in [1.54, 1.807) is 0 Å². The number of benzene rings is 1. The van der Waals surface area contributed by atoms with Gasteiger partial charge >= 0.3 is 0 Å². The Morgan fingerprint density at radius 2 is 2.05 bits per heavy atom. The van der Waals surface area contributed by atoms with E-state index >= 15 is 0 Å². The molecule has 1 atom stereocenters. The standard InChI is InChI=1S/C15H21ClN2O/c1-11(15(19)18-13-7-3-4-8-13)17-10-12-6-2-5-9-14(12)16/h2,5-6,9,11,13,17H,3-4,7-8,10H2,1H3,(H,18,19). The zero-order valence-electron chi connectivity index (χ0n) is 11.3. The Bertz CT molecular complexity index is 430. The zero-order valence-corrected chi connectivity index (χ0v) is 12.0. The van der Waals surface area contributed by atoms with Crippen molar-refractivity contribution in [3.63, 3.8) is 0 Å². The summed E-state index contributed by atoms with van der Waals surface area (Å²) in [5.74, 6) is 0.0824. The minimum Gasteiger partial charge on any atom is -0.352 e. The third kappa shape index (κ3) is 4.22. The van der Waals surface area contributed by atoms with E-state index in [0.29, 0.717) is 12.6 Å². The molecule has 0 aromatic heterocycles. The second-order valence-electron chi connectivity index (χ2n) is 5.18. The molecule has 4 heteroatoms. The highest BCUT2D eigenvalue weighted by atomic mass is 35.5. The summed E-state index contributed by atoms with van der Waals surface area (Å²) < 4.78 is 0. The van der Waals surface area contributed by atoms with E-state index in [9.17, 15) is 4.79 Å². The van der Waals surface area contributed by atoms with Gasteiger partial charge in [-0.15, -0.1) is 0 Å². The van der Waals surface area contributed by atoms with Crippen LogP contribution < -0.4 is 10.6 Å². The highest BCUT2D eigenvalue weighted by molar-refractivity contribution is 6.31. The van der Waals surface area contributed by atoms with Crippen LogP contribution in [-0.2, 0) is 11.3 Å². The van der Waals surface area contributed by atoms with E-state index < -0.39 is 0 Å². The Kier molecular flexibility index (Phi) is 5.23. The average molecular weight is 281 g/mol. The largest absolute Gasteiger partial charge is 0.352 e. The molecule has 0 spiro atoms. The predicted molar refractivity (Wildman–Crippen MR) is 78.2 cm³/mol. The molecule has 1 aliphatic rings. The van der Waals surface area contributed by atoms with Crippen molar-refractivity contribution < 1.29 is 4.79 Å². The van der Waals surface area contributed by atoms with Crippen LogP contribution in [0.15, 0.2) is 24.3 Å². The van der Waals surface area contributed by atoms with Crippen molar-refractivity contribution in [1.29, 1.82) is 0 Å². The maximum Gasteiger partial charge on any atom is 0.237 e. The van der Waals surface area contributed by atoms with Gasteiger partial charge in [0.2, 0.25) is 5.91 Å². The third-order valence-corrected chi connectivity index (χ3v) is 4.02. The van der Waals surface area contributed by atoms with Crippen LogP contribution in [0.2, 0.25) is 5.02 Å². The summed E-state index contributed by atoms with van der Waals surface area (Å²) in [6.45, 7) is 2.50. The van der Waals surface area contributed by atoms with Crippen molar-refractivity contribution in [3.05, 3.63) is 34.9 Å². The number of halogens is 1. The maximum absolute atomic E-state index is 12.0. The lowest BCUT2D eigenvalue weighted by molar-refractivity contribution is -0.123. The van der Waals surface area contributed by atoms with Crippen molar-refractivity contribution in [1.82, 2.24) is 10.6 Å². The summed E-state index contributed by atoms with van der Waals surface area (Å²) in [6, 6.07) is 7.86. The molecular weight excluding hydrogens is 260 g/mol. The van der Waals surface area contributed by atoms with Crippen molar-refractivity contribution in [2.45, 2.75) is 51.2 Å². The average Bonchev–Trinajstić information content (AvgIpc) is 2.90. The first-order chi connectivity index (χ1) is 9.16. The van der Waals surface area contributed by atoms with Gasteiger partial charge in [-0.1, -0.05) is 42.6 Å². The molecule has 3 nitrogen and oxygen atoms in total. The van der Waals surface area contributed by atoms with Gasteiger partial charge in [0.25, 0.3) is 0 Å². The van der Waals surface area contributed by atoms with E-state index in [4.69, 9.17) is 11.6 Å². The Balaban J connectivity index is 1.78. The molecule has 0 radical (unpaired) electrons. The van der Waals surface area contributed by atoms with Gasteiger partial charge in [-0.3, -0.25) is 4.79 Å². The van der Waals surface area contributed by atoms with Crippen molar-refractivity contribution in [3.8, 4) is 0 Å². The van der Waals surface area contributed by atoms with E-state index in [1.165, 1.54) is 12.8 Å². The number of rotatable bonds is 5. The molecule has 0 bridgehead atoms. The third-order valence-electron chi connectivity index (χ3n) is 3.65. The van der Waals surface area contributed by atoms with Gasteiger partial charge in [0, 0.05) is 17.6 Å². The zero-order chi connectivity index (χ0) is 13.7. The van der Waals surface area contributed by atoms with Gasteiger partial charge in [0.15, 0.2) is 0 Å². The second kappa shape index (κ2) is 6.92. The van der Waals surface area contributed by atoms with Crippen LogP contribution in [0.4, 0.5) is 0 Å². The first-order valence-electron chi connectivity index (χ1n) is 6.94. The van der Waals surface area contributed by atoms with Gasteiger partial charge < -0.3 is 10.6 Å².